The van der Waals surface area contributed by atoms with Gasteiger partial charge in [0.25, 0.3) is 0 Å². The highest BCUT2D eigenvalue weighted by Gasteiger charge is 2.48. The zero-order valence-corrected chi connectivity index (χ0v) is 21.3. The number of carbonyl (C=O) groups is 1. The number of esters is 1. The first-order valence-electron chi connectivity index (χ1n) is 11.2. The van der Waals surface area contributed by atoms with Crippen molar-refractivity contribution in [1.82, 2.24) is 9.55 Å². The van der Waals surface area contributed by atoms with E-state index in [-0.39, 0.29) is 12.2 Å². The SMILES string of the molecule is CC(=O)O[C@@H]1[C@H](N=[N+]=[N-])[C@@H](CC#C[Si](C(C)C)(C(C)C)C(C)C)O[C@H]1n1ccc(N)nc1=O. The van der Waals surface area contributed by atoms with Crippen molar-refractivity contribution in [2.24, 2.45) is 5.11 Å². The molecule has 11 heteroatoms. The minimum atomic E-state index is -1.96. The molecule has 0 aliphatic carbocycles. The quantitative estimate of drug-likeness (QED) is 0.158. The Morgan fingerprint density at radius 1 is 1.33 bits per heavy atom. The molecule has 180 valence electrons. The van der Waals surface area contributed by atoms with E-state index in [0.29, 0.717) is 16.6 Å². The topological polar surface area (TPSA) is 145 Å². The molecule has 0 unspecified atom stereocenters. The van der Waals surface area contributed by atoms with E-state index >= 15 is 0 Å². The number of aromatic nitrogens is 2. The molecule has 2 rings (SSSR count). The third-order valence-corrected chi connectivity index (χ3v) is 12.7. The highest BCUT2D eigenvalue weighted by atomic mass is 28.3. The number of hydrogen-bond donors (Lipinski definition) is 1. The normalized spacial score (nSPS) is 22.7. The van der Waals surface area contributed by atoms with E-state index in [4.69, 9.17) is 20.7 Å². The standard InChI is InChI=1S/C22H34N6O4Si/c1-13(2)33(14(3)4,15(5)6)12-8-9-17-19(26-27-24)20(31-16(7)29)21(32-17)28-11-10-18(23)25-22(28)30/h10-11,13-15,17,19-21H,9H2,1-7H3,(H2,23,25,30)/t17-,19-,20-,21-/m1/s1. The lowest BCUT2D eigenvalue weighted by Crippen LogP contribution is -2.43. The van der Waals surface area contributed by atoms with Gasteiger partial charge in [-0.2, -0.15) is 4.98 Å². The Balaban J connectivity index is 2.46. The maximum atomic E-state index is 12.4. The van der Waals surface area contributed by atoms with Crippen molar-refractivity contribution in [3.8, 4) is 11.5 Å². The molecule has 2 N–H and O–H groups in total. The van der Waals surface area contributed by atoms with Gasteiger partial charge in [-0.25, -0.2) is 4.79 Å². The second-order valence-corrected chi connectivity index (χ2v) is 14.9. The van der Waals surface area contributed by atoms with Gasteiger partial charge in [0.15, 0.2) is 12.3 Å². The van der Waals surface area contributed by atoms with Gasteiger partial charge in [0.1, 0.15) is 19.9 Å². The monoisotopic (exact) mass is 474 g/mol. The van der Waals surface area contributed by atoms with Gasteiger partial charge in [-0.1, -0.05) is 46.7 Å². The summed E-state index contributed by atoms with van der Waals surface area (Å²) in [7, 11) is -1.96. The van der Waals surface area contributed by atoms with Gasteiger partial charge in [0, 0.05) is 24.5 Å². The number of ether oxygens (including phenoxy) is 2. The van der Waals surface area contributed by atoms with Crippen LogP contribution in [-0.4, -0.2) is 41.8 Å². The van der Waals surface area contributed by atoms with Crippen LogP contribution in [0.25, 0.3) is 10.4 Å². The van der Waals surface area contributed by atoms with Crippen LogP contribution in [0.5, 0.6) is 0 Å². The Morgan fingerprint density at radius 2 is 1.94 bits per heavy atom. The summed E-state index contributed by atoms with van der Waals surface area (Å²) in [4.78, 5) is 30.9. The van der Waals surface area contributed by atoms with Gasteiger partial charge in [0.05, 0.1) is 6.10 Å². The molecular formula is C22H34N6O4Si. The molecule has 0 radical (unpaired) electrons. The van der Waals surface area contributed by atoms with Gasteiger partial charge in [0.2, 0.25) is 0 Å². The van der Waals surface area contributed by atoms with Crippen LogP contribution in [0.4, 0.5) is 5.82 Å². The number of anilines is 1. The zero-order valence-electron chi connectivity index (χ0n) is 20.3. The molecule has 0 amide bonds. The van der Waals surface area contributed by atoms with Gasteiger partial charge in [-0.15, -0.1) is 11.5 Å². The van der Waals surface area contributed by atoms with Crippen LogP contribution in [0.3, 0.4) is 0 Å². The molecule has 0 saturated carbocycles. The van der Waals surface area contributed by atoms with E-state index < -0.39 is 44.2 Å². The number of nitrogens with zero attached hydrogens (tertiary/aromatic N) is 5. The summed E-state index contributed by atoms with van der Waals surface area (Å²) in [5.41, 5.74) is 19.1. The summed E-state index contributed by atoms with van der Waals surface area (Å²) < 4.78 is 12.7. The Bertz CT molecular complexity index is 1000. The first kappa shape index (κ1) is 26.4. The fourth-order valence-electron chi connectivity index (χ4n) is 4.99. The molecule has 10 nitrogen and oxygen atoms in total. The Morgan fingerprint density at radius 3 is 2.42 bits per heavy atom. The van der Waals surface area contributed by atoms with Gasteiger partial charge in [-0.05, 0) is 28.2 Å². The van der Waals surface area contributed by atoms with Crippen molar-refractivity contribution < 1.29 is 14.3 Å². The predicted molar refractivity (Wildman–Crippen MR) is 129 cm³/mol. The maximum Gasteiger partial charge on any atom is 0.351 e. The number of nitrogen functional groups attached to an aromatic ring is 1. The van der Waals surface area contributed by atoms with Crippen molar-refractivity contribution >= 4 is 19.9 Å². The van der Waals surface area contributed by atoms with Gasteiger partial charge >= 0.3 is 11.7 Å². The molecule has 0 bridgehead atoms. The first-order valence-corrected chi connectivity index (χ1v) is 13.4. The van der Waals surface area contributed by atoms with Crippen LogP contribution in [0, 0.1) is 11.5 Å². The van der Waals surface area contributed by atoms with Crippen LogP contribution < -0.4 is 11.4 Å². The molecule has 2 heterocycles. The lowest BCUT2D eigenvalue weighted by molar-refractivity contribution is -0.152. The summed E-state index contributed by atoms with van der Waals surface area (Å²) in [6.07, 6.45) is -0.989. The maximum absolute atomic E-state index is 12.4. The van der Waals surface area contributed by atoms with Crippen molar-refractivity contribution in [2.75, 3.05) is 5.73 Å². The van der Waals surface area contributed by atoms with Crippen molar-refractivity contribution in [3.63, 3.8) is 0 Å². The average molecular weight is 475 g/mol. The van der Waals surface area contributed by atoms with Gasteiger partial charge in [-0.3, -0.25) is 9.36 Å². The van der Waals surface area contributed by atoms with Crippen molar-refractivity contribution in [2.45, 2.75) is 96.0 Å². The van der Waals surface area contributed by atoms with Crippen LogP contribution in [0.2, 0.25) is 16.6 Å². The lowest BCUT2D eigenvalue weighted by atomic mass is 10.1. The molecule has 33 heavy (non-hydrogen) atoms. The van der Waals surface area contributed by atoms with E-state index in [2.05, 4.69) is 68.0 Å². The Hall–Kier alpha value is -2.80. The minimum absolute atomic E-state index is 0.0599. The second-order valence-electron chi connectivity index (χ2n) is 9.28. The zero-order chi connectivity index (χ0) is 24.9. The van der Waals surface area contributed by atoms with Crippen LogP contribution in [-0.2, 0) is 14.3 Å². The number of azide groups is 1. The predicted octanol–water partition coefficient (Wildman–Crippen LogP) is 3.95. The minimum Gasteiger partial charge on any atom is -0.457 e. The molecule has 0 spiro atoms. The molecule has 1 saturated heterocycles. The van der Waals surface area contributed by atoms with E-state index in [0.717, 1.165) is 0 Å². The third-order valence-electron chi connectivity index (χ3n) is 6.40. The molecule has 1 aliphatic heterocycles. The molecule has 0 aromatic carbocycles. The van der Waals surface area contributed by atoms with Crippen LogP contribution >= 0.6 is 0 Å². The first-order chi connectivity index (χ1) is 15.4. The third kappa shape index (κ3) is 5.58. The molecule has 1 fully saturated rings. The van der Waals surface area contributed by atoms with Crippen molar-refractivity contribution in [1.29, 1.82) is 0 Å². The summed E-state index contributed by atoms with van der Waals surface area (Å²) in [5.74, 6) is 2.79. The number of hydrogen-bond acceptors (Lipinski definition) is 7. The summed E-state index contributed by atoms with van der Waals surface area (Å²) in [6.45, 7) is 14.6. The average Bonchev–Trinajstić information content (AvgIpc) is 3.01. The summed E-state index contributed by atoms with van der Waals surface area (Å²) in [5, 5.41) is 3.84. The largest absolute Gasteiger partial charge is 0.457 e. The van der Waals surface area contributed by atoms with E-state index in [1.807, 2.05) is 0 Å². The summed E-state index contributed by atoms with van der Waals surface area (Å²) in [6, 6.07) is 0.593. The highest BCUT2D eigenvalue weighted by Crippen LogP contribution is 2.41. The van der Waals surface area contributed by atoms with E-state index in [9.17, 15) is 9.59 Å². The fraction of sp³-hybridized carbons (Fsp3) is 0.682. The lowest BCUT2D eigenvalue weighted by Gasteiger charge is -2.38. The molecule has 1 aromatic rings. The molecule has 1 aliphatic rings. The number of nitrogens with two attached hydrogens (primary N) is 1. The summed E-state index contributed by atoms with van der Waals surface area (Å²) >= 11 is 0. The van der Waals surface area contributed by atoms with E-state index in [1.54, 1.807) is 0 Å². The fourth-order valence-corrected chi connectivity index (χ4v) is 10.3. The molecular weight excluding hydrogens is 440 g/mol. The van der Waals surface area contributed by atoms with E-state index in [1.165, 1.54) is 23.8 Å². The highest BCUT2D eigenvalue weighted by molar-refractivity contribution is 6.90. The van der Waals surface area contributed by atoms with Gasteiger partial charge < -0.3 is 15.2 Å². The van der Waals surface area contributed by atoms with Crippen LogP contribution in [0.15, 0.2) is 22.2 Å². The van der Waals surface area contributed by atoms with Crippen LogP contribution in [0.1, 0.15) is 61.1 Å². The Kier molecular flexibility index (Phi) is 8.72. The van der Waals surface area contributed by atoms with Crippen molar-refractivity contribution in [3.05, 3.63) is 33.2 Å². The number of carbonyl (C=O) groups excluding carboxylic acids is 1. The second kappa shape index (κ2) is 10.9. The molecule has 4 atom stereocenters. The Labute approximate surface area is 195 Å². The number of rotatable bonds is 7. The molecule has 1 aromatic heterocycles. The smallest absolute Gasteiger partial charge is 0.351 e.